The predicted octanol–water partition coefficient (Wildman–Crippen LogP) is 6.08. The quantitative estimate of drug-likeness (QED) is 0.0508. The van der Waals surface area contributed by atoms with Crippen LogP contribution >= 0.6 is 0 Å². The Morgan fingerprint density at radius 3 is 1.40 bits per heavy atom. The Kier molecular flexibility index (Phi) is 28.1. The molecule has 52 heavy (non-hydrogen) atoms. The molecule has 1 N–H and O–H groups in total. The minimum absolute atomic E-state index is 0.0704. The molecule has 0 saturated heterocycles. The standard InChI is InChI=1S/C38H67NO13/c1-7-10-12-14-16-18-33(42)50-27-30(26-40)24-35(44)47-22-20-39(37(46)52-38(4,5)6)21-23-48-36(45)25-31(28-49-32(41)9-3)29-51-34(43)19-17-15-13-11-8-2/h30-31,40H,7-29H2,1-6H3. The molecule has 14 heteroatoms. The molecule has 14 nitrogen and oxygen atoms in total. The number of unbranched alkanes of at least 4 members (excludes halogenated alkanes) is 8. The lowest BCUT2D eigenvalue weighted by Gasteiger charge is -2.27. The zero-order valence-corrected chi connectivity index (χ0v) is 32.7. The maximum atomic E-state index is 12.9. The van der Waals surface area contributed by atoms with Gasteiger partial charge in [-0.05, 0) is 33.6 Å². The van der Waals surface area contributed by atoms with Crippen LogP contribution in [-0.2, 0) is 52.4 Å². The number of esters is 5. The highest BCUT2D eigenvalue weighted by Crippen LogP contribution is 2.13. The fraction of sp³-hybridized carbons (Fsp3) is 0.842. The minimum Gasteiger partial charge on any atom is -0.465 e. The molecule has 1 amide bonds. The van der Waals surface area contributed by atoms with Crippen LogP contribution in [0.1, 0.15) is 138 Å². The SMILES string of the molecule is CCCCCCCC(=O)OCC(CO)CC(=O)OCCN(CCOC(=O)CC(COC(=O)CC)COC(=O)CCCCCCC)C(=O)OC(C)(C)C. The van der Waals surface area contributed by atoms with E-state index in [1.165, 1.54) is 4.90 Å². The first-order valence-electron chi connectivity index (χ1n) is 19.1. The molecule has 0 heterocycles. The average Bonchev–Trinajstić information content (AvgIpc) is 3.09. The monoisotopic (exact) mass is 745 g/mol. The van der Waals surface area contributed by atoms with Gasteiger partial charge in [-0.2, -0.15) is 0 Å². The smallest absolute Gasteiger partial charge is 0.410 e. The first-order chi connectivity index (χ1) is 24.7. The van der Waals surface area contributed by atoms with E-state index >= 15 is 0 Å². The first-order valence-corrected chi connectivity index (χ1v) is 19.1. The Bertz CT molecular complexity index is 1030. The fourth-order valence-electron chi connectivity index (χ4n) is 4.72. The number of rotatable bonds is 30. The summed E-state index contributed by atoms with van der Waals surface area (Å²) in [4.78, 5) is 75.3. The first kappa shape index (κ1) is 48.6. The molecule has 0 rings (SSSR count). The summed E-state index contributed by atoms with van der Waals surface area (Å²) >= 11 is 0. The van der Waals surface area contributed by atoms with Crippen molar-refractivity contribution in [3.05, 3.63) is 0 Å². The average molecular weight is 746 g/mol. The largest absolute Gasteiger partial charge is 0.465 e. The van der Waals surface area contributed by atoms with E-state index in [4.69, 9.17) is 28.4 Å². The fourth-order valence-corrected chi connectivity index (χ4v) is 4.72. The molecular formula is C38H67NO13. The molecule has 0 aliphatic heterocycles. The Balaban J connectivity index is 4.96. The zero-order valence-electron chi connectivity index (χ0n) is 32.7. The van der Waals surface area contributed by atoms with E-state index in [1.54, 1.807) is 27.7 Å². The molecule has 0 bridgehead atoms. The van der Waals surface area contributed by atoms with Crippen molar-refractivity contribution in [2.75, 3.05) is 52.7 Å². The zero-order chi connectivity index (χ0) is 39.2. The highest BCUT2D eigenvalue weighted by atomic mass is 16.6. The van der Waals surface area contributed by atoms with Gasteiger partial charge in [-0.3, -0.25) is 24.0 Å². The van der Waals surface area contributed by atoms with Crippen LogP contribution in [0.25, 0.3) is 0 Å². The van der Waals surface area contributed by atoms with E-state index in [1.807, 2.05) is 0 Å². The molecule has 0 aromatic heterocycles. The molecule has 0 aromatic rings. The van der Waals surface area contributed by atoms with Crippen molar-refractivity contribution in [3.63, 3.8) is 0 Å². The van der Waals surface area contributed by atoms with Gasteiger partial charge in [-0.15, -0.1) is 0 Å². The van der Waals surface area contributed by atoms with Crippen molar-refractivity contribution in [2.24, 2.45) is 11.8 Å². The van der Waals surface area contributed by atoms with Crippen molar-refractivity contribution in [1.29, 1.82) is 0 Å². The number of aliphatic hydroxyl groups excluding tert-OH is 1. The van der Waals surface area contributed by atoms with Crippen molar-refractivity contribution < 1.29 is 62.3 Å². The number of carbonyl (C=O) groups is 6. The lowest BCUT2D eigenvalue weighted by atomic mass is 10.1. The van der Waals surface area contributed by atoms with Gasteiger partial charge < -0.3 is 38.4 Å². The van der Waals surface area contributed by atoms with Gasteiger partial charge in [0.05, 0.1) is 45.8 Å². The third-order valence-corrected chi connectivity index (χ3v) is 7.77. The molecule has 0 aromatic carbocycles. The summed E-state index contributed by atoms with van der Waals surface area (Å²) in [5, 5.41) is 9.67. The highest BCUT2D eigenvalue weighted by molar-refractivity contribution is 5.72. The normalized spacial score (nSPS) is 12.3. The molecule has 0 aliphatic carbocycles. The van der Waals surface area contributed by atoms with Gasteiger partial charge in [-0.1, -0.05) is 72.1 Å². The van der Waals surface area contributed by atoms with E-state index in [0.717, 1.165) is 57.8 Å². The highest BCUT2D eigenvalue weighted by Gasteiger charge is 2.24. The second-order valence-electron chi connectivity index (χ2n) is 14.0. The maximum Gasteiger partial charge on any atom is 0.410 e. The lowest BCUT2D eigenvalue weighted by molar-refractivity contribution is -0.154. The van der Waals surface area contributed by atoms with E-state index in [-0.39, 0.29) is 96.8 Å². The van der Waals surface area contributed by atoms with Crippen LogP contribution < -0.4 is 0 Å². The van der Waals surface area contributed by atoms with E-state index in [9.17, 15) is 33.9 Å². The number of nitrogens with zero attached hydrogens (tertiary/aromatic N) is 1. The number of hydrogen-bond donors (Lipinski definition) is 1. The Morgan fingerprint density at radius 1 is 0.558 bits per heavy atom. The van der Waals surface area contributed by atoms with Gasteiger partial charge in [0.2, 0.25) is 0 Å². The summed E-state index contributed by atoms with van der Waals surface area (Å²) in [5.74, 6) is -3.74. The summed E-state index contributed by atoms with van der Waals surface area (Å²) in [6, 6.07) is 0. The molecule has 0 aliphatic rings. The van der Waals surface area contributed by atoms with Crippen LogP contribution in [-0.4, -0.2) is 104 Å². The van der Waals surface area contributed by atoms with Gasteiger partial charge >= 0.3 is 35.9 Å². The number of ether oxygens (including phenoxy) is 6. The predicted molar refractivity (Wildman–Crippen MR) is 193 cm³/mol. The van der Waals surface area contributed by atoms with Gasteiger partial charge in [0, 0.05) is 37.7 Å². The number of hydrogen-bond acceptors (Lipinski definition) is 13. The van der Waals surface area contributed by atoms with Crippen LogP contribution in [0.2, 0.25) is 0 Å². The molecular weight excluding hydrogens is 678 g/mol. The van der Waals surface area contributed by atoms with Crippen LogP contribution in [0.3, 0.4) is 0 Å². The molecule has 2 unspecified atom stereocenters. The van der Waals surface area contributed by atoms with Crippen molar-refractivity contribution in [1.82, 2.24) is 4.90 Å². The molecule has 0 saturated carbocycles. The van der Waals surface area contributed by atoms with E-state index in [2.05, 4.69) is 13.8 Å². The minimum atomic E-state index is -0.819. The molecule has 0 radical (unpaired) electrons. The topological polar surface area (TPSA) is 181 Å². The Hall–Kier alpha value is -3.42. The summed E-state index contributed by atoms with van der Waals surface area (Å²) in [6.45, 7) is 9.67. The molecule has 0 fully saturated rings. The van der Waals surface area contributed by atoms with Crippen molar-refractivity contribution in [3.8, 4) is 0 Å². The van der Waals surface area contributed by atoms with E-state index in [0.29, 0.717) is 6.42 Å². The van der Waals surface area contributed by atoms with E-state index < -0.39 is 41.4 Å². The lowest BCUT2D eigenvalue weighted by Crippen LogP contribution is -2.41. The summed E-state index contributed by atoms with van der Waals surface area (Å²) in [6.07, 6.45) is 9.47. The number of carbonyl (C=O) groups excluding carboxylic acids is 6. The van der Waals surface area contributed by atoms with Gasteiger partial charge in [0.25, 0.3) is 0 Å². The van der Waals surface area contributed by atoms with Gasteiger partial charge in [0.1, 0.15) is 18.8 Å². The summed E-state index contributed by atoms with van der Waals surface area (Å²) in [7, 11) is 0. The number of aliphatic hydroxyl groups is 1. The van der Waals surface area contributed by atoms with Crippen LogP contribution in [0.5, 0.6) is 0 Å². The van der Waals surface area contributed by atoms with Crippen molar-refractivity contribution >= 4 is 35.9 Å². The maximum absolute atomic E-state index is 12.9. The molecule has 302 valence electrons. The number of amides is 1. The second kappa shape index (κ2) is 30.1. The van der Waals surface area contributed by atoms with Gasteiger partial charge in [0.15, 0.2) is 0 Å². The van der Waals surface area contributed by atoms with Crippen LogP contribution in [0, 0.1) is 11.8 Å². The summed E-state index contributed by atoms with van der Waals surface area (Å²) < 4.78 is 31.9. The van der Waals surface area contributed by atoms with Crippen LogP contribution in [0.15, 0.2) is 0 Å². The molecule has 2 atom stereocenters. The van der Waals surface area contributed by atoms with Crippen LogP contribution in [0.4, 0.5) is 4.79 Å². The Labute approximate surface area is 310 Å². The summed E-state index contributed by atoms with van der Waals surface area (Å²) in [5.41, 5.74) is -0.819. The van der Waals surface area contributed by atoms with Gasteiger partial charge in [-0.25, -0.2) is 4.79 Å². The third-order valence-electron chi connectivity index (χ3n) is 7.77. The Morgan fingerprint density at radius 2 is 0.981 bits per heavy atom. The third kappa shape index (κ3) is 28.2. The van der Waals surface area contributed by atoms with Crippen molar-refractivity contribution in [2.45, 2.75) is 143 Å². The molecule has 0 spiro atoms. The second-order valence-corrected chi connectivity index (χ2v) is 14.0.